The van der Waals surface area contributed by atoms with Gasteiger partial charge in [0.2, 0.25) is 0 Å². The van der Waals surface area contributed by atoms with E-state index in [9.17, 15) is 5.11 Å². The van der Waals surface area contributed by atoms with Crippen molar-refractivity contribution in [1.29, 1.82) is 0 Å². The summed E-state index contributed by atoms with van der Waals surface area (Å²) in [6, 6.07) is 2.09. The molecule has 1 aliphatic rings. The molecule has 0 bridgehead atoms. The number of nitrogens with zero attached hydrogens (tertiary/aromatic N) is 2. The van der Waals surface area contributed by atoms with Crippen LogP contribution in [0.2, 0.25) is 0 Å². The van der Waals surface area contributed by atoms with Gasteiger partial charge in [-0.3, -0.25) is 4.68 Å². The maximum Gasteiger partial charge on any atom is 0.0540 e. The Labute approximate surface area is 109 Å². The largest absolute Gasteiger partial charge is 0.393 e. The van der Waals surface area contributed by atoms with Crippen LogP contribution in [0.15, 0.2) is 12.3 Å². The maximum atomic E-state index is 9.47. The van der Waals surface area contributed by atoms with Gasteiger partial charge in [-0.25, -0.2) is 0 Å². The highest BCUT2D eigenvalue weighted by molar-refractivity contribution is 5.00. The van der Waals surface area contributed by atoms with E-state index in [1.807, 2.05) is 6.20 Å². The molecule has 4 heteroatoms. The first-order valence-corrected chi connectivity index (χ1v) is 7.19. The van der Waals surface area contributed by atoms with Crippen LogP contribution < -0.4 is 5.32 Å². The second kappa shape index (κ2) is 6.90. The molecule has 1 aromatic heterocycles. The van der Waals surface area contributed by atoms with Gasteiger partial charge in [-0.2, -0.15) is 5.10 Å². The van der Waals surface area contributed by atoms with Gasteiger partial charge in [0.25, 0.3) is 0 Å². The third-order valence-corrected chi connectivity index (χ3v) is 3.80. The zero-order chi connectivity index (χ0) is 12.8. The van der Waals surface area contributed by atoms with Crippen molar-refractivity contribution in [1.82, 2.24) is 15.1 Å². The summed E-state index contributed by atoms with van der Waals surface area (Å²) in [5, 5.41) is 17.3. The molecule has 2 rings (SSSR count). The van der Waals surface area contributed by atoms with E-state index in [2.05, 4.69) is 28.1 Å². The molecule has 0 unspecified atom stereocenters. The van der Waals surface area contributed by atoms with Gasteiger partial charge in [0.15, 0.2) is 0 Å². The summed E-state index contributed by atoms with van der Waals surface area (Å²) in [5.41, 5.74) is 1.27. The standard InChI is InChI=1S/C14H25N3O/c1-2-9-17-13(7-8-16-17)11-15-10-12-3-5-14(18)6-4-12/h7-8,12,14-15,18H,2-6,9-11H2,1H3. The van der Waals surface area contributed by atoms with Crippen LogP contribution >= 0.6 is 0 Å². The van der Waals surface area contributed by atoms with Crippen LogP contribution in [0.5, 0.6) is 0 Å². The Kier molecular flexibility index (Phi) is 5.20. The zero-order valence-electron chi connectivity index (χ0n) is 11.3. The van der Waals surface area contributed by atoms with Gasteiger partial charge in [-0.15, -0.1) is 0 Å². The van der Waals surface area contributed by atoms with Crippen LogP contribution in [-0.2, 0) is 13.1 Å². The van der Waals surface area contributed by atoms with Crippen molar-refractivity contribution < 1.29 is 5.11 Å². The first-order valence-electron chi connectivity index (χ1n) is 7.19. The third kappa shape index (κ3) is 3.82. The first-order chi connectivity index (χ1) is 8.79. The molecule has 102 valence electrons. The number of hydrogen-bond acceptors (Lipinski definition) is 3. The van der Waals surface area contributed by atoms with Crippen molar-refractivity contribution in [2.24, 2.45) is 5.92 Å². The minimum absolute atomic E-state index is 0.0489. The monoisotopic (exact) mass is 251 g/mol. The Bertz CT molecular complexity index is 343. The molecule has 0 saturated heterocycles. The highest BCUT2D eigenvalue weighted by Gasteiger charge is 2.18. The summed E-state index contributed by atoms with van der Waals surface area (Å²) in [5.74, 6) is 0.732. The SMILES string of the molecule is CCCn1nccc1CNCC1CCC(O)CC1. The number of aromatic nitrogens is 2. The van der Waals surface area contributed by atoms with E-state index >= 15 is 0 Å². The summed E-state index contributed by atoms with van der Waals surface area (Å²) in [6.07, 6.45) is 7.20. The van der Waals surface area contributed by atoms with E-state index in [1.54, 1.807) is 0 Å². The van der Waals surface area contributed by atoms with E-state index in [0.717, 1.165) is 57.7 Å². The molecular weight excluding hydrogens is 226 g/mol. The molecule has 1 saturated carbocycles. The summed E-state index contributed by atoms with van der Waals surface area (Å²) in [4.78, 5) is 0. The minimum atomic E-state index is -0.0489. The number of hydrogen-bond donors (Lipinski definition) is 2. The molecule has 0 atom stereocenters. The Hall–Kier alpha value is -0.870. The van der Waals surface area contributed by atoms with Gasteiger partial charge in [-0.1, -0.05) is 6.92 Å². The highest BCUT2D eigenvalue weighted by atomic mass is 16.3. The fourth-order valence-electron chi connectivity index (χ4n) is 2.68. The zero-order valence-corrected chi connectivity index (χ0v) is 11.3. The molecule has 1 heterocycles. The molecule has 4 nitrogen and oxygen atoms in total. The molecular formula is C14H25N3O. The molecule has 1 aliphatic carbocycles. The van der Waals surface area contributed by atoms with Crippen molar-refractivity contribution in [3.8, 4) is 0 Å². The molecule has 1 fully saturated rings. The molecule has 0 aliphatic heterocycles. The first kappa shape index (κ1) is 13.6. The number of aliphatic hydroxyl groups is 1. The van der Waals surface area contributed by atoms with Gasteiger partial charge in [0.05, 0.1) is 11.8 Å². The highest BCUT2D eigenvalue weighted by Crippen LogP contribution is 2.23. The van der Waals surface area contributed by atoms with Gasteiger partial charge in [-0.05, 0) is 50.6 Å². The number of aliphatic hydroxyl groups excluding tert-OH is 1. The number of nitrogens with one attached hydrogen (secondary N) is 1. The van der Waals surface area contributed by atoms with Crippen molar-refractivity contribution in [2.45, 2.75) is 58.2 Å². The van der Waals surface area contributed by atoms with Gasteiger partial charge < -0.3 is 10.4 Å². The molecule has 0 spiro atoms. The van der Waals surface area contributed by atoms with E-state index in [4.69, 9.17) is 0 Å². The second-order valence-corrected chi connectivity index (χ2v) is 5.35. The van der Waals surface area contributed by atoms with Gasteiger partial charge >= 0.3 is 0 Å². The summed E-state index contributed by atoms with van der Waals surface area (Å²) < 4.78 is 2.08. The van der Waals surface area contributed by atoms with E-state index in [1.165, 1.54) is 5.69 Å². The molecule has 0 radical (unpaired) electrons. The van der Waals surface area contributed by atoms with Crippen molar-refractivity contribution in [2.75, 3.05) is 6.54 Å². The van der Waals surface area contributed by atoms with E-state index < -0.39 is 0 Å². The summed E-state index contributed by atoms with van der Waals surface area (Å²) >= 11 is 0. The van der Waals surface area contributed by atoms with Crippen LogP contribution in [0.3, 0.4) is 0 Å². The molecule has 0 amide bonds. The number of aryl methyl sites for hydroxylation is 1. The fourth-order valence-corrected chi connectivity index (χ4v) is 2.68. The van der Waals surface area contributed by atoms with Crippen LogP contribution in [0.1, 0.15) is 44.7 Å². The average Bonchev–Trinajstić information content (AvgIpc) is 2.80. The third-order valence-electron chi connectivity index (χ3n) is 3.80. The lowest BCUT2D eigenvalue weighted by Crippen LogP contribution is -2.28. The smallest absolute Gasteiger partial charge is 0.0540 e. The Morgan fingerprint density at radius 3 is 2.89 bits per heavy atom. The summed E-state index contributed by atoms with van der Waals surface area (Å²) in [6.45, 7) is 5.13. The average molecular weight is 251 g/mol. The topological polar surface area (TPSA) is 50.1 Å². The van der Waals surface area contributed by atoms with Gasteiger partial charge in [0, 0.05) is 19.3 Å². The normalized spacial score (nSPS) is 24.3. The maximum absolute atomic E-state index is 9.47. The van der Waals surface area contributed by atoms with Crippen LogP contribution in [0.25, 0.3) is 0 Å². The Morgan fingerprint density at radius 2 is 2.17 bits per heavy atom. The van der Waals surface area contributed by atoms with Crippen molar-refractivity contribution >= 4 is 0 Å². The molecule has 2 N–H and O–H groups in total. The van der Waals surface area contributed by atoms with Crippen LogP contribution in [0.4, 0.5) is 0 Å². The quantitative estimate of drug-likeness (QED) is 0.812. The molecule has 18 heavy (non-hydrogen) atoms. The summed E-state index contributed by atoms with van der Waals surface area (Å²) in [7, 11) is 0. The number of rotatable bonds is 6. The predicted octanol–water partition coefficient (Wildman–Crippen LogP) is 1.93. The fraction of sp³-hybridized carbons (Fsp3) is 0.786. The lowest BCUT2D eigenvalue weighted by Gasteiger charge is -2.25. The lowest BCUT2D eigenvalue weighted by atomic mass is 9.87. The Balaban J connectivity index is 1.70. The van der Waals surface area contributed by atoms with E-state index in [-0.39, 0.29) is 6.10 Å². The van der Waals surface area contributed by atoms with Crippen molar-refractivity contribution in [3.05, 3.63) is 18.0 Å². The minimum Gasteiger partial charge on any atom is -0.393 e. The second-order valence-electron chi connectivity index (χ2n) is 5.35. The van der Waals surface area contributed by atoms with Crippen LogP contribution in [-0.4, -0.2) is 27.5 Å². The van der Waals surface area contributed by atoms with E-state index in [0.29, 0.717) is 0 Å². The van der Waals surface area contributed by atoms with Crippen LogP contribution in [0, 0.1) is 5.92 Å². The molecule has 1 aromatic rings. The van der Waals surface area contributed by atoms with Crippen molar-refractivity contribution in [3.63, 3.8) is 0 Å². The lowest BCUT2D eigenvalue weighted by molar-refractivity contribution is 0.108. The van der Waals surface area contributed by atoms with Gasteiger partial charge in [0.1, 0.15) is 0 Å². The Morgan fingerprint density at radius 1 is 1.39 bits per heavy atom. The predicted molar refractivity (Wildman–Crippen MR) is 72.2 cm³/mol. The molecule has 0 aromatic carbocycles.